The van der Waals surface area contributed by atoms with Crippen LogP contribution in [0.1, 0.15) is 10.4 Å². The van der Waals surface area contributed by atoms with Crippen LogP contribution in [0.5, 0.6) is 0 Å². The zero-order valence-electron chi connectivity index (χ0n) is 13.7. The van der Waals surface area contributed by atoms with E-state index in [1.54, 1.807) is 29.3 Å². The zero-order chi connectivity index (χ0) is 17.1. The van der Waals surface area contributed by atoms with Crippen LogP contribution in [0.3, 0.4) is 0 Å². The average molecular weight is 334 g/mol. The van der Waals surface area contributed by atoms with Crippen molar-refractivity contribution >= 4 is 11.7 Å². The molecule has 0 saturated carbocycles. The number of nitrogens with zero attached hydrogens (tertiary/aromatic N) is 6. The molecule has 1 fully saturated rings. The summed E-state index contributed by atoms with van der Waals surface area (Å²) in [5, 5.41) is 4.14. The van der Waals surface area contributed by atoms with Gasteiger partial charge in [-0.3, -0.25) is 4.79 Å². The van der Waals surface area contributed by atoms with E-state index in [4.69, 9.17) is 0 Å². The predicted molar refractivity (Wildman–Crippen MR) is 93.7 cm³/mol. The second kappa shape index (κ2) is 6.72. The van der Waals surface area contributed by atoms with Crippen LogP contribution in [0, 0.1) is 0 Å². The molecule has 7 heteroatoms. The Morgan fingerprint density at radius 2 is 1.76 bits per heavy atom. The highest BCUT2D eigenvalue weighted by Gasteiger charge is 2.23. The smallest absolute Gasteiger partial charge is 0.255 e. The molecule has 4 heterocycles. The first kappa shape index (κ1) is 15.3. The molecule has 25 heavy (non-hydrogen) atoms. The fourth-order valence-corrected chi connectivity index (χ4v) is 2.91. The Morgan fingerprint density at radius 3 is 2.40 bits per heavy atom. The highest BCUT2D eigenvalue weighted by atomic mass is 16.2. The molecular formula is C18H18N6O. The second-order valence-corrected chi connectivity index (χ2v) is 5.82. The molecule has 1 aliphatic heterocycles. The molecule has 0 aliphatic carbocycles. The molecule has 0 spiro atoms. The molecule has 1 saturated heterocycles. The summed E-state index contributed by atoms with van der Waals surface area (Å²) in [6.45, 7) is 2.91. The van der Waals surface area contributed by atoms with Crippen molar-refractivity contribution < 1.29 is 4.79 Å². The molecule has 126 valence electrons. The number of hydrogen-bond donors (Lipinski definition) is 0. The summed E-state index contributed by atoms with van der Waals surface area (Å²) in [6, 6.07) is 11.3. The molecule has 1 amide bonds. The lowest BCUT2D eigenvalue weighted by Gasteiger charge is -2.35. The second-order valence-electron chi connectivity index (χ2n) is 5.82. The number of rotatable bonds is 3. The Labute approximate surface area is 145 Å². The van der Waals surface area contributed by atoms with Gasteiger partial charge in [-0.05, 0) is 30.3 Å². The number of anilines is 1. The van der Waals surface area contributed by atoms with Crippen molar-refractivity contribution in [3.63, 3.8) is 0 Å². The van der Waals surface area contributed by atoms with E-state index in [-0.39, 0.29) is 5.91 Å². The number of aromatic nitrogens is 4. The van der Waals surface area contributed by atoms with Gasteiger partial charge in [0.1, 0.15) is 5.82 Å². The molecule has 0 bridgehead atoms. The quantitative estimate of drug-likeness (QED) is 0.728. The summed E-state index contributed by atoms with van der Waals surface area (Å²) in [5.41, 5.74) is 0.599. The van der Waals surface area contributed by atoms with Gasteiger partial charge in [0, 0.05) is 51.0 Å². The lowest BCUT2D eigenvalue weighted by molar-refractivity contribution is 0.0746. The Balaban J connectivity index is 1.40. The van der Waals surface area contributed by atoms with Crippen molar-refractivity contribution in [2.75, 3.05) is 31.1 Å². The molecule has 3 aromatic rings. The van der Waals surface area contributed by atoms with Crippen molar-refractivity contribution in [3.05, 3.63) is 66.7 Å². The summed E-state index contributed by atoms with van der Waals surface area (Å²) < 4.78 is 1.67. The van der Waals surface area contributed by atoms with Crippen LogP contribution in [-0.2, 0) is 0 Å². The predicted octanol–water partition coefficient (Wildman–Crippen LogP) is 1.62. The molecule has 0 radical (unpaired) electrons. The van der Waals surface area contributed by atoms with E-state index in [1.165, 1.54) is 0 Å². The highest BCUT2D eigenvalue weighted by Crippen LogP contribution is 2.14. The number of carbonyl (C=O) groups is 1. The number of carbonyl (C=O) groups excluding carboxylic acids is 1. The van der Waals surface area contributed by atoms with E-state index in [0.717, 1.165) is 18.9 Å². The van der Waals surface area contributed by atoms with Crippen LogP contribution >= 0.6 is 0 Å². The van der Waals surface area contributed by atoms with Gasteiger partial charge in [0.15, 0.2) is 5.82 Å². The maximum Gasteiger partial charge on any atom is 0.255 e. The van der Waals surface area contributed by atoms with Gasteiger partial charge in [0.25, 0.3) is 5.91 Å². The fraction of sp³-hybridized carbons (Fsp3) is 0.222. The van der Waals surface area contributed by atoms with Crippen molar-refractivity contribution in [1.82, 2.24) is 24.6 Å². The van der Waals surface area contributed by atoms with Crippen molar-refractivity contribution in [2.45, 2.75) is 0 Å². The minimum absolute atomic E-state index is 0.0141. The Morgan fingerprint density at radius 1 is 0.880 bits per heavy atom. The van der Waals surface area contributed by atoms with Crippen LogP contribution in [0.15, 0.2) is 61.2 Å². The van der Waals surface area contributed by atoms with Crippen molar-refractivity contribution in [2.24, 2.45) is 0 Å². The SMILES string of the molecule is O=C(c1ccc(-n2cccn2)nc1)N1CCN(c2ccccn2)CC1. The maximum atomic E-state index is 12.7. The standard InChI is InChI=1S/C18H18N6O/c25-18(15-5-6-17(20-14-15)24-9-3-8-21-24)23-12-10-22(11-13-23)16-4-1-2-7-19-16/h1-9,14H,10-13H2. The fourth-order valence-electron chi connectivity index (χ4n) is 2.91. The van der Waals surface area contributed by atoms with Crippen molar-refractivity contribution in [1.29, 1.82) is 0 Å². The monoisotopic (exact) mass is 334 g/mol. The topological polar surface area (TPSA) is 67.2 Å². The molecular weight excluding hydrogens is 316 g/mol. The molecule has 0 atom stereocenters. The molecule has 0 unspecified atom stereocenters. The lowest BCUT2D eigenvalue weighted by atomic mass is 10.2. The molecule has 1 aliphatic rings. The first-order valence-corrected chi connectivity index (χ1v) is 8.22. The van der Waals surface area contributed by atoms with Gasteiger partial charge in [-0.2, -0.15) is 5.10 Å². The van der Waals surface area contributed by atoms with Gasteiger partial charge in [-0.25, -0.2) is 14.6 Å². The first-order chi connectivity index (χ1) is 12.3. The number of amides is 1. The van der Waals surface area contributed by atoms with Crippen molar-refractivity contribution in [3.8, 4) is 5.82 Å². The summed E-state index contributed by atoms with van der Waals surface area (Å²) in [5.74, 6) is 1.67. The first-order valence-electron chi connectivity index (χ1n) is 8.22. The van der Waals surface area contributed by atoms with Gasteiger partial charge in [0.05, 0.1) is 5.56 Å². The van der Waals surface area contributed by atoms with Crippen LogP contribution in [0.4, 0.5) is 5.82 Å². The van der Waals surface area contributed by atoms with E-state index in [0.29, 0.717) is 24.5 Å². The van der Waals surface area contributed by atoms with Gasteiger partial charge >= 0.3 is 0 Å². The molecule has 0 N–H and O–H groups in total. The number of pyridine rings is 2. The van der Waals surface area contributed by atoms with E-state index in [2.05, 4.69) is 20.0 Å². The normalized spacial score (nSPS) is 14.6. The summed E-state index contributed by atoms with van der Waals surface area (Å²) >= 11 is 0. The van der Waals surface area contributed by atoms with Gasteiger partial charge < -0.3 is 9.80 Å². The van der Waals surface area contributed by atoms with E-state index < -0.39 is 0 Å². The summed E-state index contributed by atoms with van der Waals surface area (Å²) in [4.78, 5) is 25.4. The third-order valence-electron chi connectivity index (χ3n) is 4.27. The van der Waals surface area contributed by atoms with Crippen LogP contribution in [-0.4, -0.2) is 56.7 Å². The average Bonchev–Trinajstić information content (AvgIpc) is 3.23. The minimum Gasteiger partial charge on any atom is -0.353 e. The van der Waals surface area contributed by atoms with Gasteiger partial charge in [0.2, 0.25) is 0 Å². The highest BCUT2D eigenvalue weighted by molar-refractivity contribution is 5.94. The molecule has 3 aromatic heterocycles. The zero-order valence-corrected chi connectivity index (χ0v) is 13.7. The third-order valence-corrected chi connectivity index (χ3v) is 4.27. The molecule has 0 aromatic carbocycles. The van der Waals surface area contributed by atoms with Gasteiger partial charge in [-0.1, -0.05) is 6.07 Å². The largest absolute Gasteiger partial charge is 0.353 e. The lowest BCUT2D eigenvalue weighted by Crippen LogP contribution is -2.49. The van der Waals surface area contributed by atoms with E-state index >= 15 is 0 Å². The Bertz CT molecular complexity index is 824. The maximum absolute atomic E-state index is 12.7. The summed E-state index contributed by atoms with van der Waals surface area (Å²) in [6.07, 6.45) is 6.92. The number of hydrogen-bond acceptors (Lipinski definition) is 5. The van der Waals surface area contributed by atoms with Gasteiger partial charge in [-0.15, -0.1) is 0 Å². The number of piperazine rings is 1. The third kappa shape index (κ3) is 3.21. The Hall–Kier alpha value is -3.22. The Kier molecular flexibility index (Phi) is 4.12. The van der Waals surface area contributed by atoms with E-state index in [9.17, 15) is 4.79 Å². The minimum atomic E-state index is 0.0141. The molecule has 7 nitrogen and oxygen atoms in total. The van der Waals surface area contributed by atoms with Crippen LogP contribution in [0.2, 0.25) is 0 Å². The van der Waals surface area contributed by atoms with Crippen LogP contribution < -0.4 is 4.90 Å². The molecule has 4 rings (SSSR count). The summed E-state index contributed by atoms with van der Waals surface area (Å²) in [7, 11) is 0. The van der Waals surface area contributed by atoms with Crippen LogP contribution in [0.25, 0.3) is 5.82 Å². The van der Waals surface area contributed by atoms with E-state index in [1.807, 2.05) is 41.4 Å².